The average molecular weight is 184 g/mol. The molecule has 0 bridgehead atoms. The molecule has 1 aliphatic rings. The van der Waals surface area contributed by atoms with Gasteiger partial charge in [0.15, 0.2) is 6.29 Å². The largest absolute Gasteiger partial charge is 0.339 e. The molecule has 0 aromatic carbocycles. The van der Waals surface area contributed by atoms with Crippen molar-refractivity contribution in [2.75, 3.05) is 11.5 Å². The van der Waals surface area contributed by atoms with Crippen molar-refractivity contribution in [2.24, 2.45) is 0 Å². The Labute approximate surface area is 73.7 Å². The highest BCUT2D eigenvalue weighted by molar-refractivity contribution is 7.99. The van der Waals surface area contributed by atoms with Gasteiger partial charge in [-0.2, -0.15) is 16.7 Å². The van der Waals surface area contributed by atoms with Crippen LogP contribution in [0.5, 0.6) is 0 Å². The SMILES string of the molecule is O=Cc1noc(C2CCSC2)n1. The Morgan fingerprint density at radius 2 is 2.58 bits per heavy atom. The number of nitrogens with zero attached hydrogens (tertiary/aromatic N) is 2. The summed E-state index contributed by atoms with van der Waals surface area (Å²) in [7, 11) is 0. The standard InChI is InChI=1S/C7H8N2O2S/c10-3-6-8-7(11-9-6)5-1-2-12-4-5/h3,5H,1-2,4H2. The second kappa shape index (κ2) is 3.26. The maximum Gasteiger partial charge on any atom is 0.235 e. The fourth-order valence-corrected chi connectivity index (χ4v) is 2.40. The Kier molecular flexibility index (Phi) is 2.12. The van der Waals surface area contributed by atoms with Crippen molar-refractivity contribution in [3.63, 3.8) is 0 Å². The van der Waals surface area contributed by atoms with Gasteiger partial charge in [-0.25, -0.2) is 0 Å². The predicted octanol–water partition coefficient (Wildman–Crippen LogP) is 1.10. The maximum absolute atomic E-state index is 10.2. The lowest BCUT2D eigenvalue weighted by Gasteiger charge is -1.97. The van der Waals surface area contributed by atoms with Crippen LogP contribution in [0, 0.1) is 0 Å². The summed E-state index contributed by atoms with van der Waals surface area (Å²) in [4.78, 5) is 14.2. The minimum absolute atomic E-state index is 0.155. The molecule has 4 nitrogen and oxygen atoms in total. The molecule has 0 saturated carbocycles. The quantitative estimate of drug-likeness (QED) is 0.644. The van der Waals surface area contributed by atoms with Crippen LogP contribution in [0.3, 0.4) is 0 Å². The summed E-state index contributed by atoms with van der Waals surface area (Å²) in [5.74, 6) is 3.30. The van der Waals surface area contributed by atoms with Crippen LogP contribution in [0.15, 0.2) is 4.52 Å². The molecule has 1 aromatic rings. The Bertz CT molecular complexity index is 281. The molecule has 12 heavy (non-hydrogen) atoms. The van der Waals surface area contributed by atoms with E-state index < -0.39 is 0 Å². The summed E-state index contributed by atoms with van der Waals surface area (Å²) in [5.41, 5.74) is 0. The molecular weight excluding hydrogens is 176 g/mol. The van der Waals surface area contributed by atoms with Gasteiger partial charge in [-0.1, -0.05) is 5.16 Å². The number of aromatic nitrogens is 2. The first-order valence-electron chi connectivity index (χ1n) is 3.76. The lowest BCUT2D eigenvalue weighted by Crippen LogP contribution is -1.96. The smallest absolute Gasteiger partial charge is 0.235 e. The van der Waals surface area contributed by atoms with Crippen LogP contribution in [-0.2, 0) is 0 Å². The van der Waals surface area contributed by atoms with Crippen molar-refractivity contribution in [2.45, 2.75) is 12.3 Å². The van der Waals surface area contributed by atoms with Crippen LogP contribution in [-0.4, -0.2) is 27.9 Å². The molecule has 1 fully saturated rings. The molecule has 0 aliphatic carbocycles. The minimum Gasteiger partial charge on any atom is -0.339 e. The number of hydrogen-bond acceptors (Lipinski definition) is 5. The van der Waals surface area contributed by atoms with Crippen LogP contribution in [0.25, 0.3) is 0 Å². The van der Waals surface area contributed by atoms with Gasteiger partial charge in [0.1, 0.15) is 0 Å². The van der Waals surface area contributed by atoms with Crippen molar-refractivity contribution in [3.05, 3.63) is 11.7 Å². The summed E-state index contributed by atoms with van der Waals surface area (Å²) < 4.78 is 4.93. The van der Waals surface area contributed by atoms with E-state index in [1.165, 1.54) is 0 Å². The number of thioether (sulfide) groups is 1. The first-order valence-corrected chi connectivity index (χ1v) is 4.92. The lowest BCUT2D eigenvalue weighted by molar-refractivity contribution is 0.111. The second-order valence-electron chi connectivity index (χ2n) is 2.67. The molecule has 0 N–H and O–H groups in total. The monoisotopic (exact) mass is 184 g/mol. The summed E-state index contributed by atoms with van der Waals surface area (Å²) in [6, 6.07) is 0. The predicted molar refractivity (Wildman–Crippen MR) is 44.4 cm³/mol. The summed E-state index contributed by atoms with van der Waals surface area (Å²) in [6.07, 6.45) is 1.68. The zero-order valence-electron chi connectivity index (χ0n) is 6.40. The maximum atomic E-state index is 10.2. The molecule has 1 aliphatic heterocycles. The van der Waals surface area contributed by atoms with Crippen LogP contribution in [0.4, 0.5) is 0 Å². The van der Waals surface area contributed by atoms with Crippen molar-refractivity contribution in [1.82, 2.24) is 10.1 Å². The van der Waals surface area contributed by atoms with Gasteiger partial charge in [0.25, 0.3) is 0 Å². The molecular formula is C7H8N2O2S. The third-order valence-corrected chi connectivity index (χ3v) is 3.00. The highest BCUT2D eigenvalue weighted by Gasteiger charge is 2.23. The van der Waals surface area contributed by atoms with E-state index in [9.17, 15) is 4.79 Å². The van der Waals surface area contributed by atoms with Gasteiger partial charge in [-0.3, -0.25) is 4.79 Å². The van der Waals surface area contributed by atoms with E-state index in [1.54, 1.807) is 0 Å². The van der Waals surface area contributed by atoms with E-state index in [-0.39, 0.29) is 5.82 Å². The number of aldehydes is 1. The van der Waals surface area contributed by atoms with Gasteiger partial charge in [0.05, 0.1) is 0 Å². The third kappa shape index (κ3) is 1.36. The summed E-state index contributed by atoms with van der Waals surface area (Å²) >= 11 is 1.88. The van der Waals surface area contributed by atoms with E-state index in [0.29, 0.717) is 18.1 Å². The first kappa shape index (κ1) is 7.79. The lowest BCUT2D eigenvalue weighted by atomic mass is 10.1. The van der Waals surface area contributed by atoms with Crippen molar-refractivity contribution < 1.29 is 9.32 Å². The van der Waals surface area contributed by atoms with Gasteiger partial charge in [-0.05, 0) is 12.2 Å². The van der Waals surface area contributed by atoms with E-state index in [2.05, 4.69) is 10.1 Å². The van der Waals surface area contributed by atoms with Gasteiger partial charge < -0.3 is 4.52 Å². The zero-order chi connectivity index (χ0) is 8.39. The van der Waals surface area contributed by atoms with E-state index in [1.807, 2.05) is 11.8 Å². The molecule has 64 valence electrons. The Hall–Kier alpha value is -0.840. The number of rotatable bonds is 2. The Morgan fingerprint density at radius 1 is 1.67 bits per heavy atom. The first-order chi connectivity index (χ1) is 5.90. The molecule has 0 spiro atoms. The fourth-order valence-electron chi connectivity index (χ4n) is 1.19. The van der Waals surface area contributed by atoms with Gasteiger partial charge in [0.2, 0.25) is 11.7 Å². The molecule has 1 unspecified atom stereocenters. The minimum atomic E-state index is 0.155. The van der Waals surface area contributed by atoms with Gasteiger partial charge in [-0.15, -0.1) is 0 Å². The number of hydrogen-bond donors (Lipinski definition) is 0. The fraction of sp³-hybridized carbons (Fsp3) is 0.571. The molecule has 1 saturated heterocycles. The normalized spacial score (nSPS) is 22.8. The van der Waals surface area contributed by atoms with Crippen LogP contribution in [0.2, 0.25) is 0 Å². The Morgan fingerprint density at radius 3 is 3.17 bits per heavy atom. The van der Waals surface area contributed by atoms with Crippen molar-refractivity contribution in [3.8, 4) is 0 Å². The summed E-state index contributed by atoms with van der Waals surface area (Å²) in [6.45, 7) is 0. The topological polar surface area (TPSA) is 56.0 Å². The molecule has 0 radical (unpaired) electrons. The summed E-state index contributed by atoms with van der Waals surface area (Å²) in [5, 5.41) is 3.52. The highest BCUT2D eigenvalue weighted by Crippen LogP contribution is 2.30. The van der Waals surface area contributed by atoms with Gasteiger partial charge >= 0.3 is 0 Å². The molecule has 5 heteroatoms. The van der Waals surface area contributed by atoms with E-state index in [0.717, 1.165) is 17.9 Å². The average Bonchev–Trinajstić information content (AvgIpc) is 2.75. The van der Waals surface area contributed by atoms with Crippen molar-refractivity contribution in [1.29, 1.82) is 0 Å². The third-order valence-electron chi connectivity index (χ3n) is 1.84. The van der Waals surface area contributed by atoms with Gasteiger partial charge in [0, 0.05) is 11.7 Å². The Balaban J connectivity index is 2.16. The molecule has 2 rings (SSSR count). The van der Waals surface area contributed by atoms with Crippen LogP contribution in [0.1, 0.15) is 28.8 Å². The number of carbonyl (C=O) groups excluding carboxylic acids is 1. The van der Waals surface area contributed by atoms with Crippen LogP contribution >= 0.6 is 11.8 Å². The molecule has 2 heterocycles. The molecule has 0 amide bonds. The van der Waals surface area contributed by atoms with E-state index in [4.69, 9.17) is 4.52 Å². The van der Waals surface area contributed by atoms with Crippen LogP contribution < -0.4 is 0 Å². The van der Waals surface area contributed by atoms with Crippen molar-refractivity contribution >= 4 is 18.0 Å². The number of carbonyl (C=O) groups is 1. The highest BCUT2D eigenvalue weighted by atomic mass is 32.2. The second-order valence-corrected chi connectivity index (χ2v) is 3.82. The zero-order valence-corrected chi connectivity index (χ0v) is 7.21. The molecule has 1 atom stereocenters. The molecule has 1 aromatic heterocycles. The van der Waals surface area contributed by atoms with E-state index >= 15 is 0 Å².